The number of hydrogen-bond acceptors (Lipinski definition) is 3. The molecule has 1 atom stereocenters. The van der Waals surface area contributed by atoms with Gasteiger partial charge in [0.05, 0.1) is 12.8 Å². The highest BCUT2D eigenvalue weighted by Crippen LogP contribution is 2.12. The molecule has 1 unspecified atom stereocenters. The molecule has 0 saturated heterocycles. The molecule has 1 rings (SSSR count). The van der Waals surface area contributed by atoms with Crippen LogP contribution in [0.5, 0.6) is 0 Å². The number of aliphatic hydroxyl groups excluding tert-OH is 1. The Labute approximate surface area is 137 Å². The van der Waals surface area contributed by atoms with Gasteiger partial charge in [0.1, 0.15) is 0 Å². The van der Waals surface area contributed by atoms with Gasteiger partial charge < -0.3 is 15.3 Å². The number of rotatable bonds is 14. The molecule has 1 heterocycles. The standard InChI is InChI=1S/C19H36N2O/c1-2-3-4-5-6-7-8-9-10-11-12-13-14-19-20-15-16-21(19)17-18-22/h11-12,15-16,19-20,22H,2-10,13-14,17-18H2,1H3/b12-11+. The average Bonchev–Trinajstić information content (AvgIpc) is 2.96. The molecule has 0 spiro atoms. The molecule has 3 nitrogen and oxygen atoms in total. The van der Waals surface area contributed by atoms with Gasteiger partial charge in [-0.3, -0.25) is 0 Å². The minimum absolute atomic E-state index is 0.219. The topological polar surface area (TPSA) is 35.5 Å². The van der Waals surface area contributed by atoms with E-state index in [1.807, 2.05) is 12.4 Å². The zero-order chi connectivity index (χ0) is 15.9. The van der Waals surface area contributed by atoms with Gasteiger partial charge in [-0.2, -0.15) is 0 Å². The molecule has 128 valence electrons. The van der Waals surface area contributed by atoms with Gasteiger partial charge in [-0.1, -0.05) is 64.0 Å². The lowest BCUT2D eigenvalue weighted by Crippen LogP contribution is -2.36. The van der Waals surface area contributed by atoms with Gasteiger partial charge in [-0.25, -0.2) is 0 Å². The third-order valence-electron chi connectivity index (χ3n) is 4.31. The van der Waals surface area contributed by atoms with E-state index in [0.717, 1.165) is 19.4 Å². The van der Waals surface area contributed by atoms with E-state index in [9.17, 15) is 0 Å². The molecule has 0 aromatic heterocycles. The molecule has 0 bridgehead atoms. The molecule has 0 aromatic rings. The third kappa shape index (κ3) is 9.14. The van der Waals surface area contributed by atoms with Gasteiger partial charge in [-0.05, 0) is 25.7 Å². The van der Waals surface area contributed by atoms with Crippen LogP contribution in [0.2, 0.25) is 0 Å². The average molecular weight is 309 g/mol. The maximum atomic E-state index is 9.00. The van der Waals surface area contributed by atoms with Crippen molar-refractivity contribution in [1.29, 1.82) is 0 Å². The molecular formula is C19H36N2O. The lowest BCUT2D eigenvalue weighted by atomic mass is 10.1. The van der Waals surface area contributed by atoms with Crippen molar-refractivity contribution in [3.05, 3.63) is 24.6 Å². The van der Waals surface area contributed by atoms with Crippen LogP contribution in [-0.2, 0) is 0 Å². The van der Waals surface area contributed by atoms with Gasteiger partial charge in [0, 0.05) is 18.9 Å². The van der Waals surface area contributed by atoms with E-state index >= 15 is 0 Å². The Morgan fingerprint density at radius 2 is 1.68 bits per heavy atom. The summed E-state index contributed by atoms with van der Waals surface area (Å²) in [4.78, 5) is 2.17. The fraction of sp³-hybridized carbons (Fsp3) is 0.789. The first kappa shape index (κ1) is 19.1. The minimum atomic E-state index is 0.219. The molecule has 0 amide bonds. The molecule has 0 radical (unpaired) electrons. The van der Waals surface area contributed by atoms with Crippen LogP contribution in [0.3, 0.4) is 0 Å². The number of hydrogen-bond donors (Lipinski definition) is 2. The number of β-amino-alcohol motifs (C(OH)–C–C–N with tert-alkyl or cyclic N) is 1. The second-order valence-electron chi connectivity index (χ2n) is 6.27. The van der Waals surface area contributed by atoms with Crippen molar-refractivity contribution in [3.8, 4) is 0 Å². The van der Waals surface area contributed by atoms with Crippen LogP contribution in [0.15, 0.2) is 24.6 Å². The molecule has 2 N–H and O–H groups in total. The summed E-state index contributed by atoms with van der Waals surface area (Å²) >= 11 is 0. The molecule has 3 heteroatoms. The Bertz CT molecular complexity index is 302. The summed E-state index contributed by atoms with van der Waals surface area (Å²) in [5.41, 5.74) is 0. The minimum Gasteiger partial charge on any atom is -0.395 e. The van der Waals surface area contributed by atoms with E-state index < -0.39 is 0 Å². The third-order valence-corrected chi connectivity index (χ3v) is 4.31. The maximum absolute atomic E-state index is 9.00. The summed E-state index contributed by atoms with van der Waals surface area (Å²) in [5.74, 6) is 0. The number of allylic oxidation sites excluding steroid dienone is 2. The highest BCUT2D eigenvalue weighted by molar-refractivity contribution is 4.95. The van der Waals surface area contributed by atoms with Crippen molar-refractivity contribution in [2.45, 2.75) is 83.7 Å². The normalized spacial score (nSPS) is 17.5. The molecular weight excluding hydrogens is 272 g/mol. The molecule has 0 aromatic carbocycles. The van der Waals surface area contributed by atoms with E-state index in [-0.39, 0.29) is 6.61 Å². The van der Waals surface area contributed by atoms with E-state index in [1.54, 1.807) is 0 Å². The SMILES string of the molecule is CCCCCCCCCC/C=C/CCC1NC=CN1CCO. The number of unbranched alkanes of at least 4 members (excludes halogenated alkanes) is 8. The smallest absolute Gasteiger partial charge is 0.0985 e. The molecule has 22 heavy (non-hydrogen) atoms. The second-order valence-corrected chi connectivity index (χ2v) is 6.27. The summed E-state index contributed by atoms with van der Waals surface area (Å²) < 4.78 is 0. The first-order chi connectivity index (χ1) is 10.9. The van der Waals surface area contributed by atoms with E-state index in [2.05, 4.69) is 29.3 Å². The van der Waals surface area contributed by atoms with Crippen molar-refractivity contribution in [3.63, 3.8) is 0 Å². The summed E-state index contributed by atoms with van der Waals surface area (Å²) in [6.45, 7) is 3.21. The summed E-state index contributed by atoms with van der Waals surface area (Å²) in [7, 11) is 0. The first-order valence-corrected chi connectivity index (χ1v) is 9.32. The van der Waals surface area contributed by atoms with E-state index in [0.29, 0.717) is 6.17 Å². The molecule has 1 aliphatic heterocycles. The Balaban J connectivity index is 1.88. The molecule has 1 aliphatic rings. The van der Waals surface area contributed by atoms with Crippen molar-refractivity contribution in [2.75, 3.05) is 13.2 Å². The van der Waals surface area contributed by atoms with Crippen LogP contribution >= 0.6 is 0 Å². The zero-order valence-corrected chi connectivity index (χ0v) is 14.5. The molecule has 0 saturated carbocycles. The van der Waals surface area contributed by atoms with Crippen LogP contribution < -0.4 is 5.32 Å². The van der Waals surface area contributed by atoms with E-state index in [4.69, 9.17) is 5.11 Å². The van der Waals surface area contributed by atoms with Crippen LogP contribution in [0, 0.1) is 0 Å². The largest absolute Gasteiger partial charge is 0.395 e. The Morgan fingerprint density at radius 3 is 2.41 bits per heavy atom. The quantitative estimate of drug-likeness (QED) is 0.365. The monoisotopic (exact) mass is 308 g/mol. The van der Waals surface area contributed by atoms with Gasteiger partial charge in [0.2, 0.25) is 0 Å². The Morgan fingerprint density at radius 1 is 1.00 bits per heavy atom. The fourth-order valence-corrected chi connectivity index (χ4v) is 2.93. The van der Waals surface area contributed by atoms with Crippen molar-refractivity contribution >= 4 is 0 Å². The van der Waals surface area contributed by atoms with Crippen LogP contribution in [0.1, 0.15) is 77.6 Å². The van der Waals surface area contributed by atoms with Gasteiger partial charge in [-0.15, -0.1) is 0 Å². The van der Waals surface area contributed by atoms with Crippen molar-refractivity contribution < 1.29 is 5.11 Å². The van der Waals surface area contributed by atoms with Gasteiger partial charge in [0.25, 0.3) is 0 Å². The van der Waals surface area contributed by atoms with E-state index in [1.165, 1.54) is 57.8 Å². The Hall–Kier alpha value is -0.960. The van der Waals surface area contributed by atoms with Gasteiger partial charge >= 0.3 is 0 Å². The lowest BCUT2D eigenvalue weighted by Gasteiger charge is -2.24. The highest BCUT2D eigenvalue weighted by Gasteiger charge is 2.16. The van der Waals surface area contributed by atoms with Crippen LogP contribution in [0.25, 0.3) is 0 Å². The zero-order valence-electron chi connectivity index (χ0n) is 14.5. The lowest BCUT2D eigenvalue weighted by molar-refractivity contribution is 0.196. The first-order valence-electron chi connectivity index (χ1n) is 9.32. The predicted molar refractivity (Wildman–Crippen MR) is 95.5 cm³/mol. The number of nitrogens with zero attached hydrogens (tertiary/aromatic N) is 1. The highest BCUT2D eigenvalue weighted by atomic mass is 16.3. The number of aliphatic hydroxyl groups is 1. The Kier molecular flexibility index (Phi) is 11.9. The predicted octanol–water partition coefficient (Wildman–Crippen LogP) is 4.55. The maximum Gasteiger partial charge on any atom is 0.0985 e. The summed E-state index contributed by atoms with van der Waals surface area (Å²) in [6, 6.07) is 0. The van der Waals surface area contributed by atoms with Crippen LogP contribution in [0.4, 0.5) is 0 Å². The number of nitrogens with one attached hydrogen (secondary N) is 1. The van der Waals surface area contributed by atoms with Gasteiger partial charge in [0.15, 0.2) is 0 Å². The molecule has 0 aliphatic carbocycles. The molecule has 0 fully saturated rings. The fourth-order valence-electron chi connectivity index (χ4n) is 2.93. The van der Waals surface area contributed by atoms with Crippen molar-refractivity contribution in [1.82, 2.24) is 10.2 Å². The second kappa shape index (κ2) is 13.7. The summed E-state index contributed by atoms with van der Waals surface area (Å²) in [6.07, 6.45) is 23.6. The van der Waals surface area contributed by atoms with Crippen LogP contribution in [-0.4, -0.2) is 29.3 Å². The van der Waals surface area contributed by atoms with Crippen molar-refractivity contribution in [2.24, 2.45) is 0 Å². The summed E-state index contributed by atoms with van der Waals surface area (Å²) in [5, 5.41) is 12.3.